The molecule has 2 aromatic rings. The summed E-state index contributed by atoms with van der Waals surface area (Å²) < 4.78 is 13.6. The van der Waals surface area contributed by atoms with Gasteiger partial charge >= 0.3 is 0 Å². The first-order valence-corrected chi connectivity index (χ1v) is 7.26. The van der Waals surface area contributed by atoms with Gasteiger partial charge in [-0.2, -0.15) is 0 Å². The van der Waals surface area contributed by atoms with Gasteiger partial charge in [0.25, 0.3) is 5.69 Å². The first-order chi connectivity index (χ1) is 10.0. The van der Waals surface area contributed by atoms with Crippen molar-refractivity contribution in [3.63, 3.8) is 0 Å². The Morgan fingerprint density at radius 3 is 2.52 bits per heavy atom. The molecule has 1 atom stereocenters. The van der Waals surface area contributed by atoms with Crippen LogP contribution in [0.5, 0.6) is 0 Å². The SMILES string of the molecule is CCC(Nc1ccc(Br)cc1[N+](=O)[O-])c1ccc(F)cc1. The van der Waals surface area contributed by atoms with Gasteiger partial charge in [-0.1, -0.05) is 35.0 Å². The largest absolute Gasteiger partial charge is 0.373 e. The average Bonchev–Trinajstić information content (AvgIpc) is 2.47. The molecule has 0 amide bonds. The van der Waals surface area contributed by atoms with Gasteiger partial charge in [-0.3, -0.25) is 10.1 Å². The number of hydrogen-bond acceptors (Lipinski definition) is 3. The lowest BCUT2D eigenvalue weighted by Gasteiger charge is -2.18. The molecule has 0 aliphatic rings. The van der Waals surface area contributed by atoms with E-state index in [-0.39, 0.29) is 17.5 Å². The maximum Gasteiger partial charge on any atom is 0.293 e. The highest BCUT2D eigenvalue weighted by atomic mass is 79.9. The van der Waals surface area contributed by atoms with Crippen molar-refractivity contribution in [2.75, 3.05) is 5.32 Å². The zero-order chi connectivity index (χ0) is 15.4. The summed E-state index contributed by atoms with van der Waals surface area (Å²) in [4.78, 5) is 10.7. The van der Waals surface area contributed by atoms with Crippen LogP contribution >= 0.6 is 15.9 Å². The fourth-order valence-electron chi connectivity index (χ4n) is 2.08. The summed E-state index contributed by atoms with van der Waals surface area (Å²) in [7, 11) is 0. The van der Waals surface area contributed by atoms with E-state index < -0.39 is 4.92 Å². The number of benzene rings is 2. The van der Waals surface area contributed by atoms with E-state index in [0.717, 1.165) is 12.0 Å². The van der Waals surface area contributed by atoms with Gasteiger partial charge in [0.1, 0.15) is 11.5 Å². The van der Waals surface area contributed by atoms with Crippen LogP contribution < -0.4 is 5.32 Å². The summed E-state index contributed by atoms with van der Waals surface area (Å²) in [6.07, 6.45) is 0.721. The molecule has 6 heteroatoms. The van der Waals surface area contributed by atoms with Gasteiger partial charge in [-0.05, 0) is 36.2 Å². The molecule has 2 aromatic carbocycles. The molecule has 1 N–H and O–H groups in total. The van der Waals surface area contributed by atoms with E-state index >= 15 is 0 Å². The maximum absolute atomic E-state index is 13.0. The highest BCUT2D eigenvalue weighted by Gasteiger charge is 2.18. The molecule has 0 aliphatic carbocycles. The van der Waals surface area contributed by atoms with Crippen molar-refractivity contribution in [1.82, 2.24) is 0 Å². The Bertz CT molecular complexity index is 647. The van der Waals surface area contributed by atoms with Crippen molar-refractivity contribution in [1.29, 1.82) is 0 Å². The number of nitro groups is 1. The molecular weight excluding hydrogens is 339 g/mol. The Morgan fingerprint density at radius 2 is 1.95 bits per heavy atom. The Kier molecular flexibility index (Phi) is 4.90. The highest BCUT2D eigenvalue weighted by molar-refractivity contribution is 9.10. The normalized spacial score (nSPS) is 12.0. The minimum absolute atomic E-state index is 0.00457. The van der Waals surface area contributed by atoms with Crippen LogP contribution in [0.3, 0.4) is 0 Å². The van der Waals surface area contributed by atoms with E-state index in [0.29, 0.717) is 10.2 Å². The van der Waals surface area contributed by atoms with Crippen molar-refractivity contribution >= 4 is 27.3 Å². The number of hydrogen-bond donors (Lipinski definition) is 1. The molecule has 21 heavy (non-hydrogen) atoms. The van der Waals surface area contributed by atoms with Crippen LogP contribution in [0.1, 0.15) is 24.9 Å². The van der Waals surface area contributed by atoms with Gasteiger partial charge in [-0.25, -0.2) is 4.39 Å². The zero-order valence-electron chi connectivity index (χ0n) is 11.3. The number of halogens is 2. The van der Waals surface area contributed by atoms with Crippen LogP contribution in [-0.4, -0.2) is 4.92 Å². The van der Waals surface area contributed by atoms with E-state index in [9.17, 15) is 14.5 Å². The van der Waals surface area contributed by atoms with Gasteiger partial charge in [0, 0.05) is 10.5 Å². The smallest absolute Gasteiger partial charge is 0.293 e. The van der Waals surface area contributed by atoms with Crippen molar-refractivity contribution in [3.8, 4) is 0 Å². The maximum atomic E-state index is 13.0. The third-order valence-corrected chi connectivity index (χ3v) is 3.66. The molecular formula is C15H14BrFN2O2. The molecule has 0 radical (unpaired) electrons. The summed E-state index contributed by atoms with van der Waals surface area (Å²) in [5.41, 5.74) is 1.33. The van der Waals surface area contributed by atoms with Crippen LogP contribution in [0.4, 0.5) is 15.8 Å². The quantitative estimate of drug-likeness (QED) is 0.604. The minimum atomic E-state index is -0.426. The van der Waals surface area contributed by atoms with Gasteiger partial charge in [0.15, 0.2) is 0 Å². The molecule has 1 unspecified atom stereocenters. The lowest BCUT2D eigenvalue weighted by atomic mass is 10.0. The van der Waals surface area contributed by atoms with Crippen LogP contribution in [0.25, 0.3) is 0 Å². The van der Waals surface area contributed by atoms with Crippen molar-refractivity contribution in [2.24, 2.45) is 0 Å². The number of nitrogens with zero attached hydrogens (tertiary/aromatic N) is 1. The summed E-state index contributed by atoms with van der Waals surface area (Å²) in [5.74, 6) is -0.303. The molecule has 2 rings (SSSR count). The van der Waals surface area contributed by atoms with Gasteiger partial charge in [-0.15, -0.1) is 0 Å². The molecule has 0 heterocycles. The number of nitro benzene ring substituents is 1. The summed E-state index contributed by atoms with van der Waals surface area (Å²) in [6.45, 7) is 1.96. The Labute approximate surface area is 130 Å². The van der Waals surface area contributed by atoms with Crippen LogP contribution in [0, 0.1) is 15.9 Å². The van der Waals surface area contributed by atoms with Crippen molar-refractivity contribution in [2.45, 2.75) is 19.4 Å². The van der Waals surface area contributed by atoms with E-state index in [1.807, 2.05) is 6.92 Å². The average molecular weight is 353 g/mol. The molecule has 0 spiro atoms. The van der Waals surface area contributed by atoms with Crippen LogP contribution in [-0.2, 0) is 0 Å². The van der Waals surface area contributed by atoms with Gasteiger partial charge in [0.05, 0.1) is 11.0 Å². The monoisotopic (exact) mass is 352 g/mol. The fraction of sp³-hybridized carbons (Fsp3) is 0.200. The van der Waals surface area contributed by atoms with Crippen LogP contribution in [0.2, 0.25) is 0 Å². The predicted octanol–water partition coefficient (Wildman–Crippen LogP) is 5.06. The second-order valence-corrected chi connectivity index (χ2v) is 5.49. The predicted molar refractivity (Wildman–Crippen MR) is 83.9 cm³/mol. The molecule has 0 fully saturated rings. The fourth-order valence-corrected chi connectivity index (χ4v) is 2.43. The first-order valence-electron chi connectivity index (χ1n) is 6.47. The van der Waals surface area contributed by atoms with E-state index in [2.05, 4.69) is 21.2 Å². The third kappa shape index (κ3) is 3.78. The zero-order valence-corrected chi connectivity index (χ0v) is 12.9. The standard InChI is InChI=1S/C15H14BrFN2O2/c1-2-13(10-3-6-12(17)7-4-10)18-14-8-5-11(16)9-15(14)19(20)21/h3-9,13,18H,2H2,1H3. The number of nitrogens with one attached hydrogen (secondary N) is 1. The summed E-state index contributed by atoms with van der Waals surface area (Å²) in [5, 5.41) is 14.3. The van der Waals surface area contributed by atoms with Gasteiger partial charge < -0.3 is 5.32 Å². The first kappa shape index (κ1) is 15.4. The third-order valence-electron chi connectivity index (χ3n) is 3.17. The van der Waals surface area contributed by atoms with Crippen molar-refractivity contribution < 1.29 is 9.31 Å². The molecule has 0 saturated heterocycles. The Balaban J connectivity index is 2.30. The second-order valence-electron chi connectivity index (χ2n) is 4.58. The number of anilines is 1. The Hall–Kier alpha value is -1.95. The summed E-state index contributed by atoms with van der Waals surface area (Å²) in [6, 6.07) is 10.9. The molecule has 0 bridgehead atoms. The topological polar surface area (TPSA) is 55.2 Å². The van der Waals surface area contributed by atoms with Gasteiger partial charge in [0.2, 0.25) is 0 Å². The molecule has 110 valence electrons. The highest BCUT2D eigenvalue weighted by Crippen LogP contribution is 2.32. The van der Waals surface area contributed by atoms with Crippen molar-refractivity contribution in [3.05, 3.63) is 68.4 Å². The number of rotatable bonds is 5. The molecule has 0 saturated carbocycles. The summed E-state index contributed by atoms with van der Waals surface area (Å²) >= 11 is 3.23. The molecule has 4 nitrogen and oxygen atoms in total. The lowest BCUT2D eigenvalue weighted by Crippen LogP contribution is -2.11. The minimum Gasteiger partial charge on any atom is -0.373 e. The van der Waals surface area contributed by atoms with Crippen LogP contribution in [0.15, 0.2) is 46.9 Å². The molecule has 0 aromatic heterocycles. The van der Waals surface area contributed by atoms with E-state index in [4.69, 9.17) is 0 Å². The Morgan fingerprint density at radius 1 is 1.29 bits per heavy atom. The van der Waals surface area contributed by atoms with E-state index in [1.54, 1.807) is 24.3 Å². The lowest BCUT2D eigenvalue weighted by molar-refractivity contribution is -0.384. The molecule has 0 aliphatic heterocycles. The second kappa shape index (κ2) is 6.67. The van der Waals surface area contributed by atoms with E-state index in [1.165, 1.54) is 18.2 Å².